The molecule has 0 bridgehead atoms. The maximum atomic E-state index is 12.5. The molecule has 0 fully saturated rings. The van der Waals surface area contributed by atoms with Crippen molar-refractivity contribution in [2.24, 2.45) is 0 Å². The van der Waals surface area contributed by atoms with Gasteiger partial charge in [-0.25, -0.2) is 4.79 Å². The zero-order valence-corrected chi connectivity index (χ0v) is 38.5. The lowest BCUT2D eigenvalue weighted by Gasteiger charge is -2.18. The summed E-state index contributed by atoms with van der Waals surface area (Å²) in [6.07, 6.45) is 0. The average Bonchev–Trinajstić information content (AvgIpc) is 3.74. The molecule has 1 aromatic heterocycles. The van der Waals surface area contributed by atoms with Crippen LogP contribution in [0.4, 0.5) is 0 Å². The number of fused-ring (bicyclic) bond motifs is 1. The maximum Gasteiger partial charge on any atom is 0.354 e. The molecule has 1 aromatic carbocycles. The van der Waals surface area contributed by atoms with Crippen molar-refractivity contribution in [3.63, 3.8) is 0 Å². The molecule has 0 unspecified atom stereocenters. The predicted octanol–water partition coefficient (Wildman–Crippen LogP) is 2.23. The number of benzene rings is 1. The summed E-state index contributed by atoms with van der Waals surface area (Å²) in [5.41, 5.74) is 0.749. The van der Waals surface area contributed by atoms with E-state index in [-0.39, 0.29) is 45.3 Å². The molecule has 2 aromatic rings. The highest BCUT2D eigenvalue weighted by molar-refractivity contribution is 5.98. The van der Waals surface area contributed by atoms with Gasteiger partial charge in [0.1, 0.15) is 25.5 Å². The van der Waals surface area contributed by atoms with Crippen molar-refractivity contribution in [1.82, 2.24) is 4.98 Å². The standard InChI is InChI=1S/C43H75NO20/c1-46-5-8-50-11-14-53-17-20-56-23-26-59-29-32-62-39-36-37-35-38(43(45)49-4)44-40(37)42(64-34-31-61-28-25-58-22-19-55-16-13-52-10-7-48-3)41(39)63-33-30-60-27-24-57-21-18-54-15-12-51-9-6-47-2/h35-36,44H,5-34H2,1-4H3. The maximum absolute atomic E-state index is 12.5. The number of hydrogen-bond acceptors (Lipinski definition) is 20. The Bertz CT molecular complexity index is 1350. The zero-order chi connectivity index (χ0) is 45.8. The normalized spacial score (nSPS) is 11.5. The lowest BCUT2D eigenvalue weighted by atomic mass is 10.2. The van der Waals surface area contributed by atoms with E-state index in [0.29, 0.717) is 187 Å². The number of methoxy groups -OCH3 is 4. The summed E-state index contributed by atoms with van der Waals surface area (Å²) in [4.78, 5) is 15.6. The third-order valence-electron chi connectivity index (χ3n) is 8.27. The lowest BCUT2D eigenvalue weighted by molar-refractivity contribution is -0.0108. The first-order valence-electron chi connectivity index (χ1n) is 21.7. The molecule has 21 nitrogen and oxygen atoms in total. The third kappa shape index (κ3) is 29.5. The molecule has 64 heavy (non-hydrogen) atoms. The van der Waals surface area contributed by atoms with Gasteiger partial charge in [-0.1, -0.05) is 0 Å². The molecule has 0 aliphatic carbocycles. The van der Waals surface area contributed by atoms with E-state index in [4.69, 9.17) is 90.0 Å². The molecule has 0 amide bonds. The summed E-state index contributed by atoms with van der Waals surface area (Å²) < 4.78 is 105. The van der Waals surface area contributed by atoms with Crippen LogP contribution in [0.1, 0.15) is 10.5 Å². The molecule has 0 radical (unpaired) electrons. The second-order valence-corrected chi connectivity index (χ2v) is 13.0. The van der Waals surface area contributed by atoms with E-state index in [2.05, 4.69) is 4.98 Å². The molecule has 21 heteroatoms. The van der Waals surface area contributed by atoms with Gasteiger partial charge in [0.05, 0.1) is 191 Å². The third-order valence-corrected chi connectivity index (χ3v) is 8.27. The number of aromatic nitrogens is 1. The molecule has 0 aliphatic rings. The van der Waals surface area contributed by atoms with E-state index in [1.54, 1.807) is 33.5 Å². The molecule has 1 N–H and O–H groups in total. The van der Waals surface area contributed by atoms with Gasteiger partial charge in [0, 0.05) is 26.7 Å². The Labute approximate surface area is 377 Å². The monoisotopic (exact) mass is 925 g/mol. The van der Waals surface area contributed by atoms with E-state index in [9.17, 15) is 4.79 Å². The zero-order valence-electron chi connectivity index (χ0n) is 38.5. The Morgan fingerprint density at radius 2 is 0.641 bits per heavy atom. The Balaban J connectivity index is 1.89. The smallest absolute Gasteiger partial charge is 0.354 e. The van der Waals surface area contributed by atoms with Crippen LogP contribution >= 0.6 is 0 Å². The molecular weight excluding hydrogens is 850 g/mol. The van der Waals surface area contributed by atoms with Crippen LogP contribution in [-0.2, 0) is 75.8 Å². The van der Waals surface area contributed by atoms with Crippen molar-refractivity contribution < 1.29 is 94.8 Å². The Kier molecular flexibility index (Phi) is 38.1. The van der Waals surface area contributed by atoms with Crippen molar-refractivity contribution >= 4 is 16.9 Å². The van der Waals surface area contributed by atoms with Crippen molar-refractivity contribution in [2.75, 3.05) is 227 Å². The number of ether oxygens (including phenoxy) is 19. The summed E-state index contributed by atoms with van der Waals surface area (Å²) in [6.45, 7) is 12.3. The highest BCUT2D eigenvalue weighted by Crippen LogP contribution is 2.44. The van der Waals surface area contributed by atoms with Gasteiger partial charge in [-0.05, 0) is 12.1 Å². The fourth-order valence-corrected chi connectivity index (χ4v) is 5.13. The Morgan fingerprint density at radius 1 is 0.359 bits per heavy atom. The molecule has 0 atom stereocenters. The number of hydrogen-bond donors (Lipinski definition) is 1. The fraction of sp³-hybridized carbons (Fsp3) is 0.791. The van der Waals surface area contributed by atoms with Gasteiger partial charge >= 0.3 is 5.97 Å². The fourth-order valence-electron chi connectivity index (χ4n) is 5.13. The van der Waals surface area contributed by atoms with Gasteiger partial charge in [0.15, 0.2) is 11.5 Å². The molecule has 1 heterocycles. The van der Waals surface area contributed by atoms with Crippen molar-refractivity contribution in [3.05, 3.63) is 17.8 Å². The average molecular weight is 926 g/mol. The summed E-state index contributed by atoms with van der Waals surface area (Å²) in [5, 5.41) is 0.643. The van der Waals surface area contributed by atoms with Crippen LogP contribution < -0.4 is 14.2 Å². The molecule has 0 saturated heterocycles. The van der Waals surface area contributed by atoms with Gasteiger partial charge in [-0.15, -0.1) is 0 Å². The van der Waals surface area contributed by atoms with E-state index < -0.39 is 5.97 Å². The predicted molar refractivity (Wildman–Crippen MR) is 232 cm³/mol. The van der Waals surface area contributed by atoms with Crippen LogP contribution in [-0.4, -0.2) is 238 Å². The number of rotatable bonds is 49. The summed E-state index contributed by atoms with van der Waals surface area (Å²) in [7, 11) is 6.20. The Morgan fingerprint density at radius 3 is 0.953 bits per heavy atom. The van der Waals surface area contributed by atoms with Gasteiger partial charge in [-0.3, -0.25) is 0 Å². The lowest BCUT2D eigenvalue weighted by Crippen LogP contribution is -2.16. The van der Waals surface area contributed by atoms with Crippen LogP contribution in [0.3, 0.4) is 0 Å². The summed E-state index contributed by atoms with van der Waals surface area (Å²) in [6, 6.07) is 3.42. The number of carbonyl (C=O) groups excluding carboxylic acids is 1. The molecule has 0 saturated carbocycles. The van der Waals surface area contributed by atoms with Crippen molar-refractivity contribution in [2.45, 2.75) is 0 Å². The van der Waals surface area contributed by atoms with Gasteiger partial charge in [0.2, 0.25) is 5.75 Å². The highest BCUT2D eigenvalue weighted by Gasteiger charge is 2.22. The minimum atomic E-state index is -0.542. The first-order valence-corrected chi connectivity index (χ1v) is 21.7. The number of esters is 1. The first kappa shape index (κ1) is 57.2. The summed E-state index contributed by atoms with van der Waals surface area (Å²) in [5.74, 6) is 0.483. The van der Waals surface area contributed by atoms with E-state index in [1.165, 1.54) is 7.11 Å². The second-order valence-electron chi connectivity index (χ2n) is 13.0. The van der Waals surface area contributed by atoms with E-state index in [1.807, 2.05) is 0 Å². The quantitative estimate of drug-likeness (QED) is 0.0746. The van der Waals surface area contributed by atoms with Crippen molar-refractivity contribution in [1.29, 1.82) is 0 Å². The largest absolute Gasteiger partial charge is 0.487 e. The van der Waals surface area contributed by atoms with Crippen LogP contribution in [0, 0.1) is 0 Å². The van der Waals surface area contributed by atoms with Crippen LogP contribution in [0.2, 0.25) is 0 Å². The molecule has 0 aliphatic heterocycles. The topological polar surface area (TPSA) is 208 Å². The molecule has 2 rings (SSSR count). The van der Waals surface area contributed by atoms with E-state index >= 15 is 0 Å². The van der Waals surface area contributed by atoms with Gasteiger partial charge in [0.25, 0.3) is 0 Å². The summed E-state index contributed by atoms with van der Waals surface area (Å²) >= 11 is 0. The van der Waals surface area contributed by atoms with Gasteiger partial charge < -0.3 is 95.0 Å². The minimum Gasteiger partial charge on any atom is -0.487 e. The Hall–Kier alpha value is -2.97. The molecule has 372 valence electrons. The van der Waals surface area contributed by atoms with Crippen LogP contribution in [0.15, 0.2) is 12.1 Å². The minimum absolute atomic E-state index is 0.155. The van der Waals surface area contributed by atoms with Crippen molar-refractivity contribution in [3.8, 4) is 17.2 Å². The molecule has 0 spiro atoms. The second kappa shape index (κ2) is 42.7. The number of H-pyrrole nitrogens is 1. The number of aromatic amines is 1. The SMILES string of the molecule is COCCOCCOCCOCCOCCOc1cc2cc(C(=O)OC)[nH]c2c(OCCOCCOCCOCCOCCOC)c1OCCOCCOCCOCCOCCOC. The number of nitrogens with one attached hydrogen (secondary N) is 1. The molecular formula is C43H75NO20. The van der Waals surface area contributed by atoms with Gasteiger partial charge in [-0.2, -0.15) is 0 Å². The van der Waals surface area contributed by atoms with Crippen LogP contribution in [0.5, 0.6) is 17.2 Å². The first-order chi connectivity index (χ1) is 31.7. The number of carbonyl (C=O) groups is 1. The van der Waals surface area contributed by atoms with E-state index in [0.717, 1.165) is 0 Å². The van der Waals surface area contributed by atoms with Crippen LogP contribution in [0.25, 0.3) is 10.9 Å². The highest BCUT2D eigenvalue weighted by atomic mass is 16.6.